The van der Waals surface area contributed by atoms with E-state index in [1.165, 1.54) is 25.7 Å². The average molecular weight is 352 g/mol. The van der Waals surface area contributed by atoms with E-state index in [2.05, 4.69) is 40.3 Å². The molecular weight excluding hydrogens is 326 g/mol. The van der Waals surface area contributed by atoms with Crippen molar-refractivity contribution in [3.05, 3.63) is 35.9 Å². The van der Waals surface area contributed by atoms with Crippen molar-refractivity contribution in [2.24, 2.45) is 11.8 Å². The lowest BCUT2D eigenvalue weighted by Crippen LogP contribution is -2.37. The molecule has 2 nitrogen and oxygen atoms in total. The fourth-order valence-corrected chi connectivity index (χ4v) is 4.22. The number of nitrogens with one attached hydrogen (secondary N) is 1. The Bertz CT molecular complexity index is 434. The van der Waals surface area contributed by atoms with Crippen LogP contribution in [0.5, 0.6) is 0 Å². The Hall–Kier alpha value is -0.830. The Balaban J connectivity index is 1.90. The van der Waals surface area contributed by atoms with Crippen LogP contribution < -0.4 is 5.32 Å². The van der Waals surface area contributed by atoms with Gasteiger partial charge in [-0.15, -0.1) is 0 Å². The Morgan fingerprint density at radius 3 is 2.52 bits per heavy atom. The maximum absolute atomic E-state index is 12.5. The van der Waals surface area contributed by atoms with Crippen molar-refractivity contribution in [1.29, 1.82) is 0 Å². The molecule has 0 aromatic heterocycles. The second-order valence-electron chi connectivity index (χ2n) is 6.08. The van der Waals surface area contributed by atoms with Gasteiger partial charge < -0.3 is 5.32 Å². The summed E-state index contributed by atoms with van der Waals surface area (Å²) in [5, 5.41) is 4.27. The van der Waals surface area contributed by atoms with Gasteiger partial charge in [-0.3, -0.25) is 4.79 Å². The molecule has 1 aromatic rings. The first-order chi connectivity index (χ1) is 10.3. The maximum Gasteiger partial charge on any atom is 0.227 e. The number of alkyl halides is 1. The number of benzene rings is 1. The minimum atomic E-state index is -0.0165. The van der Waals surface area contributed by atoms with Crippen LogP contribution in [0.4, 0.5) is 0 Å². The molecule has 1 aromatic carbocycles. The van der Waals surface area contributed by atoms with Crippen LogP contribution in [0.15, 0.2) is 30.3 Å². The molecule has 3 heteroatoms. The highest BCUT2D eigenvalue weighted by Crippen LogP contribution is 2.31. The van der Waals surface area contributed by atoms with Crippen LogP contribution in [0.3, 0.4) is 0 Å². The third-order valence-electron chi connectivity index (χ3n) is 4.73. The molecule has 3 unspecified atom stereocenters. The molecule has 116 valence electrons. The van der Waals surface area contributed by atoms with Crippen LogP contribution >= 0.6 is 15.9 Å². The lowest BCUT2D eigenvalue weighted by Gasteiger charge is -2.30. The third kappa shape index (κ3) is 4.57. The Kier molecular flexibility index (Phi) is 6.75. The van der Waals surface area contributed by atoms with E-state index in [1.807, 2.05) is 18.2 Å². The molecule has 1 aliphatic carbocycles. The largest absolute Gasteiger partial charge is 0.355 e. The molecule has 1 aliphatic rings. The van der Waals surface area contributed by atoms with Gasteiger partial charge in [-0.2, -0.15) is 0 Å². The minimum absolute atomic E-state index is 0.0165. The first-order valence-electron chi connectivity index (χ1n) is 8.14. The van der Waals surface area contributed by atoms with Gasteiger partial charge in [0.15, 0.2) is 0 Å². The lowest BCUT2D eigenvalue weighted by molar-refractivity contribution is -0.122. The number of rotatable bonds is 6. The average Bonchev–Trinajstić information content (AvgIpc) is 2.55. The normalized spacial score (nSPS) is 23.5. The lowest BCUT2D eigenvalue weighted by atomic mass is 9.80. The quantitative estimate of drug-likeness (QED) is 0.751. The molecule has 0 heterocycles. The van der Waals surface area contributed by atoms with Gasteiger partial charge in [-0.25, -0.2) is 0 Å². The SMILES string of the molecule is CCC(C(=O)NCC1CCCCC1CBr)c1ccccc1. The van der Waals surface area contributed by atoms with Crippen LogP contribution in [0.1, 0.15) is 50.5 Å². The molecule has 0 radical (unpaired) electrons. The Morgan fingerprint density at radius 1 is 1.24 bits per heavy atom. The van der Waals surface area contributed by atoms with Gasteiger partial charge in [-0.1, -0.05) is 66.0 Å². The molecule has 1 amide bonds. The Morgan fingerprint density at radius 2 is 1.90 bits per heavy atom. The van der Waals surface area contributed by atoms with Crippen LogP contribution in [0.2, 0.25) is 0 Å². The molecule has 0 bridgehead atoms. The van der Waals surface area contributed by atoms with Crippen LogP contribution in [0.25, 0.3) is 0 Å². The van der Waals surface area contributed by atoms with Crippen molar-refractivity contribution >= 4 is 21.8 Å². The molecule has 2 rings (SSSR count). The summed E-state index contributed by atoms with van der Waals surface area (Å²) in [7, 11) is 0. The fraction of sp³-hybridized carbons (Fsp3) is 0.611. The van der Waals surface area contributed by atoms with E-state index in [1.54, 1.807) is 0 Å². The van der Waals surface area contributed by atoms with Crippen molar-refractivity contribution < 1.29 is 4.79 Å². The number of hydrogen-bond donors (Lipinski definition) is 1. The van der Waals surface area contributed by atoms with E-state index in [4.69, 9.17) is 0 Å². The summed E-state index contributed by atoms with van der Waals surface area (Å²) in [6, 6.07) is 10.1. The topological polar surface area (TPSA) is 29.1 Å². The molecule has 0 saturated heterocycles. The van der Waals surface area contributed by atoms with Gasteiger partial charge in [0.1, 0.15) is 0 Å². The Labute approximate surface area is 136 Å². The maximum atomic E-state index is 12.5. The summed E-state index contributed by atoms with van der Waals surface area (Å²) in [5.41, 5.74) is 1.12. The highest BCUT2D eigenvalue weighted by molar-refractivity contribution is 9.09. The first-order valence-corrected chi connectivity index (χ1v) is 9.27. The summed E-state index contributed by atoms with van der Waals surface area (Å²) >= 11 is 3.62. The molecule has 3 atom stereocenters. The second kappa shape index (κ2) is 8.57. The van der Waals surface area contributed by atoms with Gasteiger partial charge in [0, 0.05) is 11.9 Å². The van der Waals surface area contributed by atoms with Crippen LogP contribution in [-0.2, 0) is 4.79 Å². The van der Waals surface area contributed by atoms with E-state index >= 15 is 0 Å². The molecule has 0 aliphatic heterocycles. The fourth-order valence-electron chi connectivity index (χ4n) is 3.37. The molecule has 1 fully saturated rings. The van der Waals surface area contributed by atoms with Crippen LogP contribution in [-0.4, -0.2) is 17.8 Å². The monoisotopic (exact) mass is 351 g/mol. The van der Waals surface area contributed by atoms with E-state index in [9.17, 15) is 4.79 Å². The summed E-state index contributed by atoms with van der Waals surface area (Å²) in [6.45, 7) is 2.91. The molecule has 1 saturated carbocycles. The van der Waals surface area contributed by atoms with Crippen molar-refractivity contribution in [3.63, 3.8) is 0 Å². The zero-order valence-electron chi connectivity index (χ0n) is 12.9. The summed E-state index contributed by atoms with van der Waals surface area (Å²) < 4.78 is 0. The van der Waals surface area contributed by atoms with Crippen molar-refractivity contribution in [2.75, 3.05) is 11.9 Å². The summed E-state index contributed by atoms with van der Waals surface area (Å²) in [5.74, 6) is 1.52. The van der Waals surface area contributed by atoms with Crippen LogP contribution in [0, 0.1) is 11.8 Å². The van der Waals surface area contributed by atoms with Gasteiger partial charge >= 0.3 is 0 Å². The van der Waals surface area contributed by atoms with Crippen molar-refractivity contribution in [3.8, 4) is 0 Å². The highest BCUT2D eigenvalue weighted by Gasteiger charge is 2.26. The zero-order chi connectivity index (χ0) is 15.1. The molecule has 0 spiro atoms. The zero-order valence-corrected chi connectivity index (χ0v) is 14.4. The highest BCUT2D eigenvalue weighted by atomic mass is 79.9. The smallest absolute Gasteiger partial charge is 0.227 e. The summed E-state index contributed by atoms with van der Waals surface area (Å²) in [4.78, 5) is 12.5. The minimum Gasteiger partial charge on any atom is -0.355 e. The van der Waals surface area contributed by atoms with Gasteiger partial charge in [0.25, 0.3) is 0 Å². The standard InChI is InChI=1S/C18H26BrNO/c1-2-17(14-8-4-3-5-9-14)18(21)20-13-16-11-7-6-10-15(16)12-19/h3-5,8-9,15-17H,2,6-7,10-13H2,1H3,(H,20,21). The number of hydrogen-bond acceptors (Lipinski definition) is 1. The van der Waals surface area contributed by atoms with Crippen molar-refractivity contribution in [2.45, 2.75) is 44.9 Å². The van der Waals surface area contributed by atoms with E-state index < -0.39 is 0 Å². The number of amides is 1. The predicted molar refractivity (Wildman–Crippen MR) is 91.7 cm³/mol. The predicted octanol–water partition coefficient (Wildman–Crippen LogP) is 4.50. The molecule has 21 heavy (non-hydrogen) atoms. The number of carbonyl (C=O) groups excluding carboxylic acids is 1. The van der Waals surface area contributed by atoms with E-state index in [0.29, 0.717) is 5.92 Å². The number of halogens is 1. The van der Waals surface area contributed by atoms with E-state index in [0.717, 1.165) is 29.8 Å². The van der Waals surface area contributed by atoms with Gasteiger partial charge in [0.2, 0.25) is 5.91 Å². The summed E-state index contributed by atoms with van der Waals surface area (Å²) in [6.07, 6.45) is 6.03. The van der Waals surface area contributed by atoms with Gasteiger partial charge in [-0.05, 0) is 36.7 Å². The van der Waals surface area contributed by atoms with Crippen molar-refractivity contribution in [1.82, 2.24) is 5.32 Å². The molecular formula is C18H26BrNO. The van der Waals surface area contributed by atoms with Gasteiger partial charge in [0.05, 0.1) is 5.92 Å². The molecule has 1 N–H and O–H groups in total. The van der Waals surface area contributed by atoms with E-state index in [-0.39, 0.29) is 11.8 Å². The first kappa shape index (κ1) is 16.5. The number of carbonyl (C=O) groups is 1. The third-order valence-corrected chi connectivity index (χ3v) is 5.56. The second-order valence-corrected chi connectivity index (χ2v) is 6.72.